The number of nitrogens with zero attached hydrogens (tertiary/aromatic N) is 4. The van der Waals surface area contributed by atoms with E-state index >= 15 is 0 Å². The van der Waals surface area contributed by atoms with Gasteiger partial charge in [-0.25, -0.2) is 9.97 Å². The molecular weight excluding hydrogens is 266 g/mol. The first-order valence-electron chi connectivity index (χ1n) is 6.36. The Labute approximate surface area is 121 Å². The number of nitrogens with one attached hydrogen (secondary N) is 1. The molecule has 0 unspecified atom stereocenters. The van der Waals surface area contributed by atoms with Gasteiger partial charge in [-0.2, -0.15) is 0 Å². The maximum atomic E-state index is 5.32. The molecule has 0 amide bonds. The van der Waals surface area contributed by atoms with Gasteiger partial charge in [-0.15, -0.1) is 0 Å². The predicted octanol–water partition coefficient (Wildman–Crippen LogP) is 2.69. The van der Waals surface area contributed by atoms with E-state index in [2.05, 4.69) is 25.3 Å². The van der Waals surface area contributed by atoms with Crippen molar-refractivity contribution in [3.63, 3.8) is 0 Å². The van der Waals surface area contributed by atoms with Crippen LogP contribution in [0.3, 0.4) is 0 Å². The number of methoxy groups -OCH3 is 1. The van der Waals surface area contributed by atoms with E-state index in [4.69, 9.17) is 4.74 Å². The second-order valence-electron chi connectivity index (χ2n) is 4.18. The fourth-order valence-corrected chi connectivity index (χ4v) is 1.83. The van der Waals surface area contributed by atoms with Crippen molar-refractivity contribution in [1.29, 1.82) is 0 Å². The van der Waals surface area contributed by atoms with Gasteiger partial charge >= 0.3 is 0 Å². The highest BCUT2D eigenvalue weighted by atomic mass is 16.5. The molecule has 0 bridgehead atoms. The molecule has 3 rings (SSSR count). The molecule has 0 aliphatic heterocycles. The second-order valence-corrected chi connectivity index (χ2v) is 4.18. The van der Waals surface area contributed by atoms with E-state index in [0.717, 1.165) is 0 Å². The lowest BCUT2D eigenvalue weighted by molar-refractivity contribution is 0.415. The van der Waals surface area contributed by atoms with Crippen LogP contribution in [-0.4, -0.2) is 27.0 Å². The SMILES string of the molecule is COc1ccc(-c2cnccn2)nc1Nc1ccccn1. The van der Waals surface area contributed by atoms with Crippen LogP contribution in [0.2, 0.25) is 0 Å². The minimum Gasteiger partial charge on any atom is -0.493 e. The lowest BCUT2D eigenvalue weighted by Gasteiger charge is -2.11. The Balaban J connectivity index is 1.98. The Bertz CT molecular complexity index is 719. The highest BCUT2D eigenvalue weighted by molar-refractivity contribution is 5.65. The van der Waals surface area contributed by atoms with Gasteiger partial charge in [0.1, 0.15) is 11.5 Å². The molecule has 0 fully saturated rings. The predicted molar refractivity (Wildman–Crippen MR) is 79.3 cm³/mol. The van der Waals surface area contributed by atoms with Crippen molar-refractivity contribution in [2.24, 2.45) is 0 Å². The van der Waals surface area contributed by atoms with Gasteiger partial charge in [0.05, 0.1) is 19.0 Å². The summed E-state index contributed by atoms with van der Waals surface area (Å²) in [4.78, 5) is 17.0. The zero-order valence-corrected chi connectivity index (χ0v) is 11.4. The summed E-state index contributed by atoms with van der Waals surface area (Å²) < 4.78 is 5.32. The largest absolute Gasteiger partial charge is 0.493 e. The van der Waals surface area contributed by atoms with Crippen molar-refractivity contribution in [2.75, 3.05) is 12.4 Å². The Morgan fingerprint density at radius 3 is 2.62 bits per heavy atom. The molecular formula is C15H13N5O. The normalized spacial score (nSPS) is 10.1. The Kier molecular flexibility index (Phi) is 3.68. The van der Waals surface area contributed by atoms with E-state index in [-0.39, 0.29) is 0 Å². The molecule has 0 aromatic carbocycles. The number of pyridine rings is 2. The molecule has 6 nitrogen and oxygen atoms in total. The van der Waals surface area contributed by atoms with Gasteiger partial charge in [-0.3, -0.25) is 9.97 Å². The summed E-state index contributed by atoms with van der Waals surface area (Å²) >= 11 is 0. The van der Waals surface area contributed by atoms with Gasteiger partial charge in [0.25, 0.3) is 0 Å². The molecule has 21 heavy (non-hydrogen) atoms. The lowest BCUT2D eigenvalue weighted by atomic mass is 10.2. The molecule has 1 N–H and O–H groups in total. The third-order valence-electron chi connectivity index (χ3n) is 2.82. The van der Waals surface area contributed by atoms with E-state index in [1.165, 1.54) is 0 Å². The third-order valence-corrected chi connectivity index (χ3v) is 2.82. The Morgan fingerprint density at radius 2 is 1.90 bits per heavy atom. The second kappa shape index (κ2) is 5.96. The van der Waals surface area contributed by atoms with Crippen molar-refractivity contribution in [2.45, 2.75) is 0 Å². The molecule has 0 aliphatic carbocycles. The van der Waals surface area contributed by atoms with E-state index < -0.39 is 0 Å². The molecule has 6 heteroatoms. The van der Waals surface area contributed by atoms with E-state index in [9.17, 15) is 0 Å². The molecule has 0 atom stereocenters. The monoisotopic (exact) mass is 279 g/mol. The molecule has 0 saturated heterocycles. The number of ether oxygens (including phenoxy) is 1. The van der Waals surface area contributed by atoms with E-state index in [1.54, 1.807) is 31.9 Å². The van der Waals surface area contributed by atoms with Gasteiger partial charge in [-0.1, -0.05) is 6.07 Å². The van der Waals surface area contributed by atoms with E-state index in [0.29, 0.717) is 28.8 Å². The topological polar surface area (TPSA) is 72.8 Å². The summed E-state index contributed by atoms with van der Waals surface area (Å²) in [6, 6.07) is 9.28. The van der Waals surface area contributed by atoms with Crippen LogP contribution in [0.5, 0.6) is 5.75 Å². The Morgan fingerprint density at radius 1 is 0.952 bits per heavy atom. The summed E-state index contributed by atoms with van der Waals surface area (Å²) in [7, 11) is 1.60. The van der Waals surface area contributed by atoms with Crippen LogP contribution in [0.4, 0.5) is 11.6 Å². The summed E-state index contributed by atoms with van der Waals surface area (Å²) in [5, 5.41) is 3.14. The van der Waals surface area contributed by atoms with Crippen LogP contribution in [-0.2, 0) is 0 Å². The Hall–Kier alpha value is -3.02. The van der Waals surface area contributed by atoms with Gasteiger partial charge in [0.15, 0.2) is 11.6 Å². The number of rotatable bonds is 4. The lowest BCUT2D eigenvalue weighted by Crippen LogP contribution is -2.00. The summed E-state index contributed by atoms with van der Waals surface area (Å²) in [5.74, 6) is 1.91. The van der Waals surface area contributed by atoms with Crippen LogP contribution in [0.15, 0.2) is 55.1 Å². The van der Waals surface area contributed by atoms with Crippen molar-refractivity contribution in [3.05, 3.63) is 55.1 Å². The van der Waals surface area contributed by atoms with Crippen molar-refractivity contribution < 1.29 is 4.74 Å². The molecule has 0 aliphatic rings. The number of hydrogen-bond acceptors (Lipinski definition) is 6. The molecule has 0 saturated carbocycles. The van der Waals surface area contributed by atoms with Gasteiger partial charge in [0, 0.05) is 18.6 Å². The average molecular weight is 279 g/mol. The zero-order chi connectivity index (χ0) is 14.5. The quantitative estimate of drug-likeness (QED) is 0.791. The summed E-state index contributed by atoms with van der Waals surface area (Å²) in [5.41, 5.74) is 1.41. The minimum absolute atomic E-state index is 0.583. The summed E-state index contributed by atoms with van der Waals surface area (Å²) in [6.45, 7) is 0. The fraction of sp³-hybridized carbons (Fsp3) is 0.0667. The molecule has 0 spiro atoms. The van der Waals surface area contributed by atoms with E-state index in [1.807, 2.05) is 30.3 Å². The molecule has 3 aromatic rings. The van der Waals surface area contributed by atoms with Crippen LogP contribution in [0.25, 0.3) is 11.4 Å². The fourth-order valence-electron chi connectivity index (χ4n) is 1.83. The zero-order valence-electron chi connectivity index (χ0n) is 11.4. The molecule has 3 heterocycles. The van der Waals surface area contributed by atoms with Crippen molar-refractivity contribution in [1.82, 2.24) is 19.9 Å². The maximum Gasteiger partial charge on any atom is 0.175 e. The van der Waals surface area contributed by atoms with Crippen molar-refractivity contribution >= 4 is 11.6 Å². The van der Waals surface area contributed by atoms with Crippen LogP contribution in [0, 0.1) is 0 Å². The highest BCUT2D eigenvalue weighted by Crippen LogP contribution is 2.27. The summed E-state index contributed by atoms with van der Waals surface area (Å²) in [6.07, 6.45) is 6.63. The maximum absolute atomic E-state index is 5.32. The number of hydrogen-bond donors (Lipinski definition) is 1. The molecule has 104 valence electrons. The van der Waals surface area contributed by atoms with Crippen molar-refractivity contribution in [3.8, 4) is 17.1 Å². The molecule has 0 radical (unpaired) electrons. The standard InChI is InChI=1S/C15H13N5O/c1-21-13-6-5-11(12-10-16-8-9-17-12)19-15(13)20-14-4-2-3-7-18-14/h2-10H,1H3,(H,18,19,20). The number of aromatic nitrogens is 4. The van der Waals surface area contributed by atoms with Crippen LogP contribution >= 0.6 is 0 Å². The van der Waals surface area contributed by atoms with Gasteiger partial charge in [0.2, 0.25) is 0 Å². The number of anilines is 2. The van der Waals surface area contributed by atoms with Gasteiger partial charge in [-0.05, 0) is 24.3 Å². The first-order chi connectivity index (χ1) is 10.4. The van der Waals surface area contributed by atoms with Gasteiger partial charge < -0.3 is 10.1 Å². The smallest absolute Gasteiger partial charge is 0.175 e. The van der Waals surface area contributed by atoms with Crippen LogP contribution in [0.1, 0.15) is 0 Å². The minimum atomic E-state index is 0.583. The third kappa shape index (κ3) is 2.94. The first-order valence-corrected chi connectivity index (χ1v) is 6.36. The first kappa shape index (κ1) is 13.0. The van der Waals surface area contributed by atoms with Crippen LogP contribution < -0.4 is 10.1 Å². The highest BCUT2D eigenvalue weighted by Gasteiger charge is 2.09. The molecule has 3 aromatic heterocycles. The average Bonchev–Trinajstić information content (AvgIpc) is 2.56.